The van der Waals surface area contributed by atoms with Gasteiger partial charge in [0, 0.05) is 39.1 Å². The molecule has 42 heavy (non-hydrogen) atoms. The van der Waals surface area contributed by atoms with Gasteiger partial charge in [-0.3, -0.25) is 19.3 Å². The molecule has 3 N–H and O–H groups in total. The number of ether oxygens (including phenoxy) is 2. The molecule has 0 unspecified atom stereocenters. The number of nitrogens with one attached hydrogen (secondary N) is 1. The maximum absolute atomic E-state index is 13.1. The summed E-state index contributed by atoms with van der Waals surface area (Å²) in [6.07, 6.45) is 0. The Hall–Kier alpha value is -2.80. The van der Waals surface area contributed by atoms with Crippen LogP contribution in [-0.2, 0) is 19.2 Å². The number of aromatic nitrogens is 1. The Balaban J connectivity index is 0.00000353. The number of oxime groups is 1. The summed E-state index contributed by atoms with van der Waals surface area (Å²) in [5.74, 6) is -1.25. The fraction of sp³-hybridized carbons (Fsp3) is 0.250. The first kappa shape index (κ1) is 30.7. The number of nitrogens with two attached hydrogens (primary N) is 1. The molecule has 0 spiro atoms. The molecule has 2 atom stereocenters. The molecule has 1 fully saturated rings. The maximum Gasteiger partial charge on any atom is 1.00 e. The third-order valence-electron chi connectivity index (χ3n) is 6.28. The van der Waals surface area contributed by atoms with Crippen molar-refractivity contribution >= 4 is 84.9 Å². The van der Waals surface area contributed by atoms with Crippen LogP contribution in [0.2, 0.25) is 0 Å². The largest absolute Gasteiger partial charge is 1.00 e. The van der Waals surface area contributed by atoms with Crippen molar-refractivity contribution in [2.45, 2.75) is 15.6 Å². The predicted octanol–water partition coefficient (Wildman–Crippen LogP) is -2.42. The summed E-state index contributed by atoms with van der Waals surface area (Å²) >= 11 is 5.08. The number of rotatable bonds is 8. The number of anilines is 1. The molecule has 13 nitrogen and oxygen atoms in total. The second-order valence-electron chi connectivity index (χ2n) is 8.71. The molecule has 2 amide bonds. The molecule has 0 aliphatic carbocycles. The van der Waals surface area contributed by atoms with Crippen molar-refractivity contribution in [3.63, 3.8) is 0 Å². The van der Waals surface area contributed by atoms with Crippen LogP contribution in [0.15, 0.2) is 49.0 Å². The van der Waals surface area contributed by atoms with Gasteiger partial charge in [0.05, 0.1) is 15.9 Å². The van der Waals surface area contributed by atoms with Gasteiger partial charge in [0.2, 0.25) is 6.79 Å². The molecule has 0 bridgehead atoms. The first-order valence-electron chi connectivity index (χ1n) is 11.8. The van der Waals surface area contributed by atoms with Crippen molar-refractivity contribution in [1.82, 2.24) is 15.2 Å². The number of carbonyl (C=O) groups excluding carboxylic acids is 3. The Morgan fingerprint density at radius 1 is 1.29 bits per heavy atom. The number of benzene rings is 1. The van der Waals surface area contributed by atoms with E-state index in [0.29, 0.717) is 31.4 Å². The number of carboxylic acids is 1. The van der Waals surface area contributed by atoms with E-state index in [9.17, 15) is 24.3 Å². The molecule has 3 aromatic rings. The number of β-lactam (4-membered cyclic amide) rings is 1. The standard InChI is InChI=1S/C24H19N5O8S4.Na/c1-35-28-17(11-7-40-24(25)26-11)20(31)27-18-21(32)29-19(23(33)34)9(6-39-22(18)29)5-38-16-3-12(30)10-2-13-14(37-8-36-13)4-15(10)41-16;/h2-4,7,18,22H,5-6,8H2,1H3,(H2,25,26)(H,27,31)(H,33,34);/q;+1/p-1/b28-17-;/t18-,22+;/m1./s1. The minimum atomic E-state index is -1.50. The molecular weight excluding hydrogens is 638 g/mol. The van der Waals surface area contributed by atoms with Gasteiger partial charge in [-0.1, -0.05) is 5.16 Å². The van der Waals surface area contributed by atoms with Gasteiger partial charge in [0.25, 0.3) is 11.8 Å². The average Bonchev–Trinajstić information content (AvgIpc) is 3.60. The van der Waals surface area contributed by atoms with Crippen molar-refractivity contribution in [3.8, 4) is 11.5 Å². The second-order valence-corrected chi connectivity index (χ2v) is 13.1. The van der Waals surface area contributed by atoms with Crippen LogP contribution < -0.4 is 60.6 Å². The van der Waals surface area contributed by atoms with E-state index in [1.54, 1.807) is 12.1 Å². The van der Waals surface area contributed by atoms with Crippen molar-refractivity contribution in [2.24, 2.45) is 5.16 Å². The van der Waals surface area contributed by atoms with Crippen LogP contribution in [0.5, 0.6) is 11.5 Å². The average molecular weight is 656 g/mol. The van der Waals surface area contributed by atoms with E-state index in [1.807, 2.05) is 0 Å². The first-order chi connectivity index (χ1) is 19.7. The fourth-order valence-corrected chi connectivity index (χ4v) is 8.71. The van der Waals surface area contributed by atoms with E-state index < -0.39 is 29.2 Å². The Bertz CT molecular complexity index is 1740. The second kappa shape index (κ2) is 12.4. The van der Waals surface area contributed by atoms with E-state index in [0.717, 1.165) is 16.2 Å². The predicted molar refractivity (Wildman–Crippen MR) is 152 cm³/mol. The SMILES string of the molecule is CO/N=C(\C(=O)N[C@@H]1C(=O)N2C(C(=O)[O-])=C(CSc3cc(=O)c4cc5c(cc4s3)OCO5)CS[C@@H]12)c1csc(N)n1.[Na+]. The molecule has 18 heteroatoms. The fourth-order valence-electron chi connectivity index (χ4n) is 4.44. The quantitative estimate of drug-likeness (QED) is 0.0862. The van der Waals surface area contributed by atoms with Crippen LogP contribution in [0.3, 0.4) is 0 Å². The van der Waals surface area contributed by atoms with E-state index in [2.05, 4.69) is 15.5 Å². The number of aliphatic carboxylic acids is 1. The normalized spacial score (nSPS) is 19.2. The molecule has 2 aromatic heterocycles. The number of thioether (sulfide) groups is 2. The summed E-state index contributed by atoms with van der Waals surface area (Å²) in [6.45, 7) is 0.0908. The van der Waals surface area contributed by atoms with Gasteiger partial charge in [0.15, 0.2) is 27.8 Å². The first-order valence-corrected chi connectivity index (χ1v) is 15.5. The van der Waals surface area contributed by atoms with Crippen molar-refractivity contribution in [1.29, 1.82) is 0 Å². The third kappa shape index (κ3) is 5.61. The van der Waals surface area contributed by atoms with Gasteiger partial charge < -0.3 is 35.3 Å². The zero-order chi connectivity index (χ0) is 28.8. The van der Waals surface area contributed by atoms with E-state index in [-0.39, 0.29) is 75.5 Å². The molecular formula is C24H18N5NaO8S4. The van der Waals surface area contributed by atoms with Gasteiger partial charge in [0.1, 0.15) is 24.2 Å². The number of hydrogen-bond acceptors (Lipinski definition) is 15. The van der Waals surface area contributed by atoms with E-state index in [1.165, 1.54) is 53.4 Å². The third-order valence-corrected chi connectivity index (χ3v) is 10.7. The number of carboxylic acid groups (broad SMARTS) is 1. The summed E-state index contributed by atoms with van der Waals surface area (Å²) in [5, 5.41) is 20.1. The van der Waals surface area contributed by atoms with Gasteiger partial charge >= 0.3 is 29.6 Å². The number of thiazole rings is 1. The monoisotopic (exact) mass is 655 g/mol. The van der Waals surface area contributed by atoms with Gasteiger partial charge in [-0.25, -0.2) is 4.98 Å². The summed E-state index contributed by atoms with van der Waals surface area (Å²) in [4.78, 5) is 60.8. The zero-order valence-corrected chi connectivity index (χ0v) is 27.2. The van der Waals surface area contributed by atoms with Crippen molar-refractivity contribution in [2.75, 3.05) is 31.1 Å². The van der Waals surface area contributed by atoms with Gasteiger partial charge in [-0.05, 0) is 11.6 Å². The molecule has 3 aliphatic heterocycles. The van der Waals surface area contributed by atoms with Crippen LogP contribution in [-0.4, -0.2) is 70.2 Å². The van der Waals surface area contributed by atoms with Crippen LogP contribution in [0.1, 0.15) is 5.69 Å². The Morgan fingerprint density at radius 3 is 2.74 bits per heavy atom. The summed E-state index contributed by atoms with van der Waals surface area (Å²) < 4.78 is 12.1. The van der Waals surface area contributed by atoms with Gasteiger partial charge in [-0.2, -0.15) is 0 Å². The molecule has 0 saturated carbocycles. The number of hydrogen-bond donors (Lipinski definition) is 2. The molecule has 1 saturated heterocycles. The maximum atomic E-state index is 13.1. The minimum absolute atomic E-state index is 0. The molecule has 6 rings (SSSR count). The Kier molecular flexibility index (Phi) is 9.08. The molecule has 3 aliphatic rings. The smallest absolute Gasteiger partial charge is 0.543 e. The van der Waals surface area contributed by atoms with Crippen LogP contribution >= 0.6 is 46.2 Å². The summed E-state index contributed by atoms with van der Waals surface area (Å²) in [7, 11) is 1.26. The van der Waals surface area contributed by atoms with Crippen LogP contribution in [0, 0.1) is 0 Å². The van der Waals surface area contributed by atoms with E-state index in [4.69, 9.17) is 20.0 Å². The summed E-state index contributed by atoms with van der Waals surface area (Å²) in [6, 6.07) is 3.90. The summed E-state index contributed by atoms with van der Waals surface area (Å²) in [5.41, 5.74) is 5.72. The molecule has 212 valence electrons. The van der Waals surface area contributed by atoms with Crippen LogP contribution in [0.25, 0.3) is 10.1 Å². The molecule has 0 radical (unpaired) electrons. The Labute approximate surface area is 275 Å². The van der Waals surface area contributed by atoms with E-state index >= 15 is 0 Å². The molecule has 1 aromatic carbocycles. The number of amides is 2. The molecule has 5 heterocycles. The number of carbonyl (C=O) groups is 3. The van der Waals surface area contributed by atoms with Crippen molar-refractivity contribution in [3.05, 3.63) is 50.8 Å². The number of nitrogen functional groups attached to an aromatic ring is 1. The van der Waals surface area contributed by atoms with Crippen LogP contribution in [0.4, 0.5) is 5.13 Å². The Morgan fingerprint density at radius 2 is 2.05 bits per heavy atom. The zero-order valence-electron chi connectivity index (χ0n) is 21.9. The number of fused-ring (bicyclic) bond motifs is 3. The van der Waals surface area contributed by atoms with Crippen molar-refractivity contribution < 1.29 is 63.4 Å². The topological polar surface area (TPSA) is 186 Å². The number of nitrogens with zero attached hydrogens (tertiary/aromatic N) is 3. The van der Waals surface area contributed by atoms with Gasteiger partial charge in [-0.15, -0.1) is 46.2 Å². The minimum Gasteiger partial charge on any atom is -0.543 e.